The molecule has 0 saturated heterocycles. The molecule has 0 saturated carbocycles. The average molecular weight is 419 g/mol. The molecule has 0 amide bonds. The van der Waals surface area contributed by atoms with Crippen molar-refractivity contribution < 1.29 is 8.42 Å². The highest BCUT2D eigenvalue weighted by atomic mass is 35.5. The highest BCUT2D eigenvalue weighted by Crippen LogP contribution is 2.25. The van der Waals surface area contributed by atoms with Gasteiger partial charge in [0.05, 0.1) is 28.9 Å². The van der Waals surface area contributed by atoms with E-state index < -0.39 is 15.1 Å². The van der Waals surface area contributed by atoms with Gasteiger partial charge in [-0.25, -0.2) is 8.42 Å². The number of pyridine rings is 1. The number of hydrogen-bond donors (Lipinski definition) is 1. The number of nitrogens with one attached hydrogen (secondary N) is 1. The summed E-state index contributed by atoms with van der Waals surface area (Å²) in [6, 6.07) is 10.8. The first-order valence-electron chi connectivity index (χ1n) is 8.69. The molecular formula is C20H23ClN4O2S. The summed E-state index contributed by atoms with van der Waals surface area (Å²) in [5.41, 5.74) is 0.334. The minimum atomic E-state index is -4.01. The Labute approximate surface area is 171 Å². The lowest BCUT2D eigenvalue weighted by Crippen LogP contribution is -2.36. The molecule has 2 unspecified atom stereocenters. The average Bonchev–Trinajstić information content (AvgIpc) is 2.62. The zero-order chi connectivity index (χ0) is 20.9. The monoisotopic (exact) mass is 418 g/mol. The summed E-state index contributed by atoms with van der Waals surface area (Å²) in [6.45, 7) is 7.88. The number of benzene rings is 1. The van der Waals surface area contributed by atoms with Gasteiger partial charge in [0.25, 0.3) is 0 Å². The Morgan fingerprint density at radius 2 is 1.89 bits per heavy atom. The van der Waals surface area contributed by atoms with Crippen LogP contribution in [0.2, 0.25) is 5.02 Å². The predicted octanol–water partition coefficient (Wildman–Crippen LogP) is 4.35. The SMILES string of the molecule is CC(N=C(Nc1cccnc1)C(C#N)S(=O)(=O)c1ccc(Cl)cc1)C(C)(C)C. The second-order valence-corrected chi connectivity index (χ2v) is 9.90. The number of aromatic nitrogens is 1. The Morgan fingerprint density at radius 3 is 2.39 bits per heavy atom. The topological polar surface area (TPSA) is 95.2 Å². The fourth-order valence-corrected chi connectivity index (χ4v) is 3.66. The van der Waals surface area contributed by atoms with Gasteiger partial charge in [-0.05, 0) is 48.7 Å². The molecule has 0 bridgehead atoms. The molecule has 1 heterocycles. The lowest BCUT2D eigenvalue weighted by atomic mass is 9.88. The van der Waals surface area contributed by atoms with E-state index in [1.807, 2.05) is 33.8 Å². The minimum Gasteiger partial charge on any atom is -0.341 e. The van der Waals surface area contributed by atoms with Crippen molar-refractivity contribution in [1.29, 1.82) is 5.26 Å². The summed E-state index contributed by atoms with van der Waals surface area (Å²) in [4.78, 5) is 8.60. The number of aliphatic imine (C=N–C) groups is 1. The molecule has 2 rings (SSSR count). The zero-order valence-electron chi connectivity index (χ0n) is 16.2. The number of hydrogen-bond acceptors (Lipinski definition) is 5. The Morgan fingerprint density at radius 1 is 1.25 bits per heavy atom. The highest BCUT2D eigenvalue weighted by Gasteiger charge is 2.34. The standard InChI is InChI=1S/C20H23ClN4O2S/c1-14(20(2,3)4)24-19(25-16-6-5-11-23-13-16)18(12-22)28(26,27)17-9-7-15(21)8-10-17/h5-11,13-14,18H,1-4H3,(H,24,25). The molecule has 1 aromatic carbocycles. The van der Waals surface area contributed by atoms with E-state index in [0.29, 0.717) is 10.7 Å². The van der Waals surface area contributed by atoms with Gasteiger partial charge < -0.3 is 5.32 Å². The van der Waals surface area contributed by atoms with Crippen LogP contribution in [-0.2, 0) is 9.84 Å². The molecule has 0 aliphatic heterocycles. The predicted molar refractivity (Wildman–Crippen MR) is 112 cm³/mol. The van der Waals surface area contributed by atoms with Crippen LogP contribution in [0.4, 0.5) is 5.69 Å². The molecule has 0 radical (unpaired) electrons. The normalized spacial score (nSPS) is 14.8. The molecule has 0 aliphatic rings. The van der Waals surface area contributed by atoms with Gasteiger partial charge in [0.1, 0.15) is 5.84 Å². The van der Waals surface area contributed by atoms with E-state index in [0.717, 1.165) is 0 Å². The van der Waals surface area contributed by atoms with Crippen LogP contribution in [0, 0.1) is 16.7 Å². The Kier molecular flexibility index (Phi) is 6.81. The van der Waals surface area contributed by atoms with E-state index in [1.54, 1.807) is 24.5 Å². The highest BCUT2D eigenvalue weighted by molar-refractivity contribution is 7.93. The number of amidine groups is 1. The van der Waals surface area contributed by atoms with Gasteiger partial charge in [0, 0.05) is 11.2 Å². The van der Waals surface area contributed by atoms with Crippen molar-refractivity contribution in [2.24, 2.45) is 10.4 Å². The molecule has 1 N–H and O–H groups in total. The minimum absolute atomic E-state index is 0.00699. The number of nitriles is 1. The van der Waals surface area contributed by atoms with Gasteiger partial charge >= 0.3 is 0 Å². The second kappa shape index (κ2) is 8.72. The first-order valence-corrected chi connectivity index (χ1v) is 10.6. The van der Waals surface area contributed by atoms with Crippen molar-refractivity contribution in [3.63, 3.8) is 0 Å². The molecule has 0 fully saturated rings. The zero-order valence-corrected chi connectivity index (χ0v) is 17.8. The van der Waals surface area contributed by atoms with Gasteiger partial charge in [-0.15, -0.1) is 0 Å². The third-order valence-electron chi connectivity index (χ3n) is 4.34. The summed E-state index contributed by atoms with van der Waals surface area (Å²) in [6.07, 6.45) is 3.15. The quantitative estimate of drug-likeness (QED) is 0.575. The number of anilines is 1. The van der Waals surface area contributed by atoms with Crippen LogP contribution in [0.1, 0.15) is 27.7 Å². The van der Waals surface area contributed by atoms with Crippen molar-refractivity contribution in [2.45, 2.75) is 43.9 Å². The maximum atomic E-state index is 13.1. The molecule has 0 spiro atoms. The molecule has 28 heavy (non-hydrogen) atoms. The van der Waals surface area contributed by atoms with E-state index >= 15 is 0 Å². The fraction of sp³-hybridized carbons (Fsp3) is 0.350. The van der Waals surface area contributed by atoms with E-state index in [4.69, 9.17) is 11.6 Å². The smallest absolute Gasteiger partial charge is 0.209 e. The fourth-order valence-electron chi connectivity index (χ4n) is 2.19. The van der Waals surface area contributed by atoms with Gasteiger partial charge in [0.15, 0.2) is 0 Å². The van der Waals surface area contributed by atoms with E-state index in [1.165, 1.54) is 24.3 Å². The van der Waals surface area contributed by atoms with Crippen LogP contribution >= 0.6 is 11.6 Å². The summed E-state index contributed by atoms with van der Waals surface area (Å²) in [5, 5.41) is 11.6. The lowest BCUT2D eigenvalue weighted by molar-refractivity contribution is 0.341. The lowest BCUT2D eigenvalue weighted by Gasteiger charge is -2.26. The van der Waals surface area contributed by atoms with E-state index in [9.17, 15) is 13.7 Å². The first-order chi connectivity index (χ1) is 13.1. The first kappa shape index (κ1) is 21.9. The van der Waals surface area contributed by atoms with Gasteiger partial charge in [-0.3, -0.25) is 9.98 Å². The summed E-state index contributed by atoms with van der Waals surface area (Å²) < 4.78 is 26.3. The second-order valence-electron chi connectivity index (χ2n) is 7.43. The molecule has 2 atom stereocenters. The molecule has 6 nitrogen and oxygen atoms in total. The molecule has 2 aromatic rings. The number of nitrogens with zero attached hydrogens (tertiary/aromatic N) is 3. The van der Waals surface area contributed by atoms with Crippen molar-refractivity contribution in [2.75, 3.05) is 5.32 Å². The van der Waals surface area contributed by atoms with Crippen LogP contribution in [0.3, 0.4) is 0 Å². The number of halogens is 1. The summed E-state index contributed by atoms with van der Waals surface area (Å²) in [5.74, 6) is 0.0628. The largest absolute Gasteiger partial charge is 0.341 e. The maximum Gasteiger partial charge on any atom is 0.209 e. The Balaban J connectivity index is 2.54. The van der Waals surface area contributed by atoms with Crippen LogP contribution in [-0.4, -0.2) is 30.5 Å². The Hall–Kier alpha value is -2.43. The van der Waals surface area contributed by atoms with Crippen molar-refractivity contribution in [1.82, 2.24) is 4.98 Å². The number of sulfone groups is 1. The maximum absolute atomic E-state index is 13.1. The Bertz CT molecular complexity index is 976. The van der Waals surface area contributed by atoms with Gasteiger partial charge in [-0.2, -0.15) is 5.26 Å². The van der Waals surface area contributed by atoms with E-state index in [-0.39, 0.29) is 22.2 Å². The summed E-state index contributed by atoms with van der Waals surface area (Å²) >= 11 is 5.86. The summed E-state index contributed by atoms with van der Waals surface area (Å²) in [7, 11) is -4.01. The van der Waals surface area contributed by atoms with Crippen molar-refractivity contribution in [3.05, 3.63) is 53.8 Å². The van der Waals surface area contributed by atoms with Crippen LogP contribution in [0.25, 0.3) is 0 Å². The van der Waals surface area contributed by atoms with Crippen LogP contribution in [0.15, 0.2) is 58.7 Å². The molecule has 0 aliphatic carbocycles. The molecule has 1 aromatic heterocycles. The molecular weight excluding hydrogens is 396 g/mol. The molecule has 8 heteroatoms. The van der Waals surface area contributed by atoms with Crippen molar-refractivity contribution in [3.8, 4) is 6.07 Å². The third-order valence-corrected chi connectivity index (χ3v) is 6.47. The van der Waals surface area contributed by atoms with Crippen molar-refractivity contribution >= 4 is 33.0 Å². The molecule has 148 valence electrons. The van der Waals surface area contributed by atoms with E-state index in [2.05, 4.69) is 15.3 Å². The van der Waals surface area contributed by atoms with Crippen LogP contribution < -0.4 is 5.32 Å². The third kappa shape index (κ3) is 5.31. The van der Waals surface area contributed by atoms with Gasteiger partial charge in [0.2, 0.25) is 15.1 Å². The van der Waals surface area contributed by atoms with Crippen LogP contribution in [0.5, 0.6) is 0 Å². The number of rotatable bonds is 5. The van der Waals surface area contributed by atoms with Gasteiger partial charge in [-0.1, -0.05) is 32.4 Å².